The number of amides is 1. The molecule has 0 aromatic heterocycles. The van der Waals surface area contributed by atoms with Gasteiger partial charge in [0.05, 0.1) is 26.4 Å². The molecule has 0 atom stereocenters. The van der Waals surface area contributed by atoms with Gasteiger partial charge in [-0.3, -0.25) is 14.6 Å². The van der Waals surface area contributed by atoms with Gasteiger partial charge in [-0.2, -0.15) is 0 Å². The Morgan fingerprint density at radius 1 is 0.700 bits per heavy atom. The van der Waals surface area contributed by atoms with Crippen LogP contribution in [0, 0.1) is 0 Å². The smallest absolute Gasteiger partial charge is 0.251 e. The van der Waals surface area contributed by atoms with Crippen LogP contribution >= 0.6 is 0 Å². The summed E-state index contributed by atoms with van der Waals surface area (Å²) in [6.45, 7) is 9.54. The van der Waals surface area contributed by atoms with Gasteiger partial charge >= 0.3 is 0 Å². The van der Waals surface area contributed by atoms with E-state index in [4.69, 9.17) is 9.47 Å². The Kier molecular flexibility index (Phi) is 7.48. The van der Waals surface area contributed by atoms with Crippen LogP contribution < -0.4 is 5.32 Å². The summed E-state index contributed by atoms with van der Waals surface area (Å²) in [7, 11) is 0. The molecule has 0 radical (unpaired) electrons. The number of nitrogens with one attached hydrogen (secondary N) is 1. The number of rotatable bonds is 7. The molecule has 0 bridgehead atoms. The maximum Gasteiger partial charge on any atom is 0.251 e. The molecular weight excluding hydrogens is 378 g/mol. The first-order valence-electron chi connectivity index (χ1n) is 10.8. The van der Waals surface area contributed by atoms with Gasteiger partial charge in [0.1, 0.15) is 0 Å². The number of hydrogen-bond donors (Lipinski definition) is 1. The molecule has 0 unspecified atom stereocenters. The van der Waals surface area contributed by atoms with Crippen molar-refractivity contribution >= 4 is 5.91 Å². The van der Waals surface area contributed by atoms with E-state index in [1.807, 2.05) is 24.3 Å². The van der Waals surface area contributed by atoms with Crippen LogP contribution in [0.15, 0.2) is 48.5 Å². The fourth-order valence-electron chi connectivity index (χ4n) is 3.84. The second-order valence-corrected chi connectivity index (χ2v) is 7.97. The normalized spacial score (nSPS) is 18.3. The predicted octanol–water partition coefficient (Wildman–Crippen LogP) is 2.28. The number of morpholine rings is 2. The summed E-state index contributed by atoms with van der Waals surface area (Å²) in [5.41, 5.74) is 4.33. The Hall–Kier alpha value is -2.25. The number of benzene rings is 2. The molecule has 1 amide bonds. The van der Waals surface area contributed by atoms with Gasteiger partial charge in [0, 0.05) is 51.4 Å². The zero-order valence-corrected chi connectivity index (χ0v) is 17.5. The molecule has 2 aliphatic heterocycles. The summed E-state index contributed by atoms with van der Waals surface area (Å²) in [6, 6.07) is 16.4. The molecule has 6 heteroatoms. The average Bonchev–Trinajstić information content (AvgIpc) is 2.80. The lowest BCUT2D eigenvalue weighted by Crippen LogP contribution is -2.35. The number of ether oxygens (including phenoxy) is 2. The highest BCUT2D eigenvalue weighted by atomic mass is 16.5. The Morgan fingerprint density at radius 2 is 1.13 bits per heavy atom. The maximum atomic E-state index is 12.5. The van der Waals surface area contributed by atoms with Gasteiger partial charge in [0.15, 0.2) is 0 Å². The fourth-order valence-corrected chi connectivity index (χ4v) is 3.84. The first-order valence-corrected chi connectivity index (χ1v) is 10.8. The number of hydrogen-bond acceptors (Lipinski definition) is 5. The number of nitrogens with zero attached hydrogens (tertiary/aromatic N) is 2. The molecule has 4 rings (SSSR count). The summed E-state index contributed by atoms with van der Waals surface area (Å²) in [6.07, 6.45) is 0. The summed E-state index contributed by atoms with van der Waals surface area (Å²) in [5.74, 6) is -0.0367. The molecule has 2 aromatic carbocycles. The minimum absolute atomic E-state index is 0.0367. The average molecular weight is 410 g/mol. The van der Waals surface area contributed by atoms with E-state index in [2.05, 4.69) is 39.4 Å². The zero-order valence-electron chi connectivity index (χ0n) is 17.5. The van der Waals surface area contributed by atoms with Crippen LogP contribution in [-0.4, -0.2) is 68.3 Å². The topological polar surface area (TPSA) is 54.0 Å². The second kappa shape index (κ2) is 10.7. The molecule has 0 saturated carbocycles. The Bertz CT molecular complexity index is 795. The van der Waals surface area contributed by atoms with Crippen LogP contribution in [-0.2, 0) is 29.1 Å². The van der Waals surface area contributed by atoms with Crippen LogP contribution in [0.5, 0.6) is 0 Å². The molecule has 0 aliphatic carbocycles. The van der Waals surface area contributed by atoms with Crippen molar-refractivity contribution in [2.75, 3.05) is 52.6 Å². The van der Waals surface area contributed by atoms with Gasteiger partial charge in [-0.15, -0.1) is 0 Å². The molecule has 0 spiro atoms. The van der Waals surface area contributed by atoms with E-state index in [9.17, 15) is 4.79 Å². The highest BCUT2D eigenvalue weighted by molar-refractivity contribution is 5.94. The summed E-state index contributed by atoms with van der Waals surface area (Å²) >= 11 is 0. The maximum absolute atomic E-state index is 12.5. The number of carbonyl (C=O) groups excluding carboxylic acids is 1. The van der Waals surface area contributed by atoms with Crippen molar-refractivity contribution in [2.45, 2.75) is 19.6 Å². The predicted molar refractivity (Wildman–Crippen MR) is 116 cm³/mol. The van der Waals surface area contributed by atoms with Gasteiger partial charge in [-0.1, -0.05) is 36.4 Å². The molecular formula is C24H31N3O3. The van der Waals surface area contributed by atoms with Crippen molar-refractivity contribution in [1.82, 2.24) is 15.1 Å². The van der Waals surface area contributed by atoms with Crippen molar-refractivity contribution < 1.29 is 14.3 Å². The molecule has 6 nitrogen and oxygen atoms in total. The largest absolute Gasteiger partial charge is 0.379 e. The third kappa shape index (κ3) is 6.12. The zero-order chi connectivity index (χ0) is 20.6. The third-order valence-corrected chi connectivity index (χ3v) is 5.71. The lowest BCUT2D eigenvalue weighted by molar-refractivity contribution is 0.0341. The molecule has 2 aliphatic rings. The molecule has 2 saturated heterocycles. The second-order valence-electron chi connectivity index (χ2n) is 7.97. The molecule has 160 valence electrons. The van der Waals surface area contributed by atoms with Gasteiger partial charge in [-0.25, -0.2) is 0 Å². The van der Waals surface area contributed by atoms with Gasteiger partial charge in [0.25, 0.3) is 5.91 Å². The molecule has 2 fully saturated rings. The first-order chi connectivity index (χ1) is 14.8. The lowest BCUT2D eigenvalue weighted by atomic mass is 10.1. The fraction of sp³-hybridized carbons (Fsp3) is 0.458. The standard InChI is InChI=1S/C24H31N3O3/c28-24(23-7-5-22(6-8-23)19-27-11-15-30-16-12-27)25-17-20-1-3-21(4-2-20)18-26-9-13-29-14-10-26/h1-8H,9-19H2,(H,25,28). The van der Waals surface area contributed by atoms with E-state index >= 15 is 0 Å². The summed E-state index contributed by atoms with van der Waals surface area (Å²) in [5, 5.41) is 3.02. The minimum Gasteiger partial charge on any atom is -0.379 e. The van der Waals surface area contributed by atoms with E-state index in [1.54, 1.807) is 0 Å². The van der Waals surface area contributed by atoms with Crippen LogP contribution in [0.3, 0.4) is 0 Å². The van der Waals surface area contributed by atoms with Crippen LogP contribution in [0.4, 0.5) is 0 Å². The van der Waals surface area contributed by atoms with E-state index in [-0.39, 0.29) is 5.91 Å². The van der Waals surface area contributed by atoms with Crippen molar-refractivity contribution in [3.05, 3.63) is 70.8 Å². The molecule has 2 heterocycles. The molecule has 30 heavy (non-hydrogen) atoms. The Labute approximate surface area is 178 Å². The van der Waals surface area contributed by atoms with E-state index < -0.39 is 0 Å². The van der Waals surface area contributed by atoms with E-state index in [0.29, 0.717) is 12.1 Å². The lowest BCUT2D eigenvalue weighted by Gasteiger charge is -2.26. The minimum atomic E-state index is -0.0367. The number of carbonyl (C=O) groups is 1. The Morgan fingerprint density at radius 3 is 1.63 bits per heavy atom. The van der Waals surface area contributed by atoms with Crippen molar-refractivity contribution in [3.63, 3.8) is 0 Å². The van der Waals surface area contributed by atoms with Gasteiger partial charge in [0.2, 0.25) is 0 Å². The highest BCUT2D eigenvalue weighted by Crippen LogP contribution is 2.11. The highest BCUT2D eigenvalue weighted by Gasteiger charge is 2.12. The summed E-state index contributed by atoms with van der Waals surface area (Å²) < 4.78 is 10.8. The van der Waals surface area contributed by atoms with Crippen molar-refractivity contribution in [3.8, 4) is 0 Å². The SMILES string of the molecule is O=C(NCc1ccc(CN2CCOCC2)cc1)c1ccc(CN2CCOCC2)cc1. The van der Waals surface area contributed by atoms with E-state index in [1.165, 1.54) is 11.1 Å². The van der Waals surface area contributed by atoms with Crippen LogP contribution in [0.25, 0.3) is 0 Å². The van der Waals surface area contributed by atoms with Crippen LogP contribution in [0.1, 0.15) is 27.0 Å². The molecule has 1 N–H and O–H groups in total. The molecule has 2 aromatic rings. The van der Waals surface area contributed by atoms with Crippen LogP contribution in [0.2, 0.25) is 0 Å². The van der Waals surface area contributed by atoms with Crippen molar-refractivity contribution in [2.24, 2.45) is 0 Å². The third-order valence-electron chi connectivity index (χ3n) is 5.71. The summed E-state index contributed by atoms with van der Waals surface area (Å²) in [4.78, 5) is 17.3. The van der Waals surface area contributed by atoms with E-state index in [0.717, 1.165) is 71.3 Å². The van der Waals surface area contributed by atoms with Gasteiger partial charge in [-0.05, 0) is 28.8 Å². The van der Waals surface area contributed by atoms with Crippen molar-refractivity contribution in [1.29, 1.82) is 0 Å². The van der Waals surface area contributed by atoms with Gasteiger partial charge < -0.3 is 14.8 Å². The monoisotopic (exact) mass is 409 g/mol. The first kappa shape index (κ1) is 21.0. The quantitative estimate of drug-likeness (QED) is 0.761. The Balaban J connectivity index is 1.23.